The number of nitrogens with one attached hydrogen (secondary N) is 1. The van der Waals surface area contributed by atoms with Gasteiger partial charge >= 0.3 is 6.09 Å². The van der Waals surface area contributed by atoms with Crippen molar-refractivity contribution < 1.29 is 19.2 Å². The van der Waals surface area contributed by atoms with Gasteiger partial charge in [0.1, 0.15) is 5.60 Å². The third-order valence-electron chi connectivity index (χ3n) is 1.95. The van der Waals surface area contributed by atoms with Crippen LogP contribution in [-0.2, 0) is 14.4 Å². The molecule has 0 fully saturated rings. The zero-order chi connectivity index (χ0) is 14.3. The quantitative estimate of drug-likeness (QED) is 0.454. The Bertz CT molecular complexity index is 291. The molecule has 18 heavy (non-hydrogen) atoms. The molecule has 0 aliphatic rings. The molecule has 106 valence electrons. The maximum Gasteiger partial charge on any atom is 0.407 e. The first-order valence-electron chi connectivity index (χ1n) is 5.55. The lowest BCUT2D eigenvalue weighted by Crippen LogP contribution is -2.42. The van der Waals surface area contributed by atoms with Crippen LogP contribution in [0.15, 0.2) is 0 Å². The Morgan fingerprint density at radius 1 is 1.39 bits per heavy atom. The first-order chi connectivity index (χ1) is 8.19. The fourth-order valence-corrected chi connectivity index (χ4v) is 1.59. The van der Waals surface area contributed by atoms with Crippen LogP contribution in [0.4, 0.5) is 4.79 Å². The third-order valence-corrected chi connectivity index (χ3v) is 3.02. The largest absolute Gasteiger partial charge is 0.444 e. The topological polar surface area (TPSA) is 67.9 Å². The van der Waals surface area contributed by atoms with Crippen LogP contribution in [0.5, 0.6) is 0 Å². The highest BCUT2D eigenvalue weighted by atomic mass is 127. The van der Waals surface area contributed by atoms with Gasteiger partial charge in [-0.15, -0.1) is 0 Å². The molecule has 0 bridgehead atoms. The number of carbonyl (C=O) groups is 2. The highest BCUT2D eigenvalue weighted by Gasteiger charge is 2.21. The van der Waals surface area contributed by atoms with E-state index in [4.69, 9.17) is 9.57 Å². The summed E-state index contributed by atoms with van der Waals surface area (Å²) in [7, 11) is 2.94. The van der Waals surface area contributed by atoms with Gasteiger partial charge in [0.2, 0.25) is 5.91 Å². The van der Waals surface area contributed by atoms with Gasteiger partial charge in [0, 0.05) is 17.5 Å². The van der Waals surface area contributed by atoms with Crippen molar-refractivity contribution in [2.24, 2.45) is 0 Å². The summed E-state index contributed by atoms with van der Waals surface area (Å²) in [6.45, 7) is 5.36. The molecule has 0 saturated carbocycles. The lowest BCUT2D eigenvalue weighted by atomic mass is 10.2. The third kappa shape index (κ3) is 7.70. The summed E-state index contributed by atoms with van der Waals surface area (Å²) in [6, 6.07) is -0.273. The van der Waals surface area contributed by atoms with E-state index in [-0.39, 0.29) is 18.4 Å². The smallest absolute Gasteiger partial charge is 0.407 e. The average Bonchev–Trinajstić information content (AvgIpc) is 2.24. The van der Waals surface area contributed by atoms with Crippen LogP contribution in [0.3, 0.4) is 0 Å². The van der Waals surface area contributed by atoms with E-state index in [1.54, 1.807) is 20.8 Å². The van der Waals surface area contributed by atoms with Gasteiger partial charge in [0.25, 0.3) is 0 Å². The molecule has 1 N–H and O–H groups in total. The van der Waals surface area contributed by atoms with Crippen molar-refractivity contribution in [3.8, 4) is 0 Å². The lowest BCUT2D eigenvalue weighted by molar-refractivity contribution is -0.169. The van der Waals surface area contributed by atoms with Crippen molar-refractivity contribution in [3.05, 3.63) is 0 Å². The minimum Gasteiger partial charge on any atom is -0.444 e. The van der Waals surface area contributed by atoms with Crippen molar-refractivity contribution >= 4 is 34.6 Å². The standard InChI is InChI=1S/C11H21IN2O4/c1-11(2,3)18-10(16)13-8(7-12)6-9(15)14(4)17-5/h8H,6-7H2,1-5H3,(H,13,16)/t8-/m0/s1. The number of hydroxylamine groups is 2. The minimum atomic E-state index is -0.548. The van der Waals surface area contributed by atoms with E-state index in [0.717, 1.165) is 5.06 Å². The predicted molar refractivity (Wildman–Crippen MR) is 76.4 cm³/mol. The van der Waals surface area contributed by atoms with Crippen LogP contribution in [0, 0.1) is 0 Å². The molecule has 0 radical (unpaired) electrons. The number of nitrogens with zero attached hydrogens (tertiary/aromatic N) is 1. The fraction of sp³-hybridized carbons (Fsp3) is 0.818. The number of carbonyl (C=O) groups excluding carboxylic acids is 2. The van der Waals surface area contributed by atoms with Gasteiger partial charge in [-0.2, -0.15) is 0 Å². The van der Waals surface area contributed by atoms with Crippen molar-refractivity contribution in [2.45, 2.75) is 38.8 Å². The molecule has 0 unspecified atom stereocenters. The molecule has 0 rings (SSSR count). The predicted octanol–water partition coefficient (Wildman–Crippen LogP) is 1.72. The molecular formula is C11H21IN2O4. The number of ether oxygens (including phenoxy) is 1. The van der Waals surface area contributed by atoms with E-state index in [1.165, 1.54) is 14.2 Å². The average molecular weight is 372 g/mol. The van der Waals surface area contributed by atoms with Gasteiger partial charge in [0.05, 0.1) is 13.5 Å². The Morgan fingerprint density at radius 3 is 2.33 bits per heavy atom. The maximum absolute atomic E-state index is 11.6. The van der Waals surface area contributed by atoms with Gasteiger partial charge in [0.15, 0.2) is 0 Å². The lowest BCUT2D eigenvalue weighted by Gasteiger charge is -2.23. The molecule has 1 atom stereocenters. The van der Waals surface area contributed by atoms with E-state index < -0.39 is 11.7 Å². The Labute approximate surface area is 121 Å². The first-order valence-corrected chi connectivity index (χ1v) is 7.08. The molecule has 2 amide bonds. The SMILES string of the molecule is CON(C)C(=O)C[C@@H](CI)NC(=O)OC(C)(C)C. The Hall–Kier alpha value is -0.570. The zero-order valence-corrected chi connectivity index (χ0v) is 13.6. The Morgan fingerprint density at radius 2 is 1.94 bits per heavy atom. The number of hydrogen-bond donors (Lipinski definition) is 1. The van der Waals surface area contributed by atoms with Gasteiger partial charge in [-0.25, -0.2) is 9.86 Å². The summed E-state index contributed by atoms with van der Waals surface area (Å²) in [5.74, 6) is -0.199. The van der Waals surface area contributed by atoms with E-state index in [9.17, 15) is 9.59 Å². The van der Waals surface area contributed by atoms with Gasteiger partial charge < -0.3 is 10.1 Å². The zero-order valence-electron chi connectivity index (χ0n) is 11.4. The summed E-state index contributed by atoms with van der Waals surface area (Å²) in [6.07, 6.45) is -0.343. The first kappa shape index (κ1) is 17.4. The van der Waals surface area contributed by atoms with E-state index in [1.807, 2.05) is 0 Å². The number of hydrogen-bond acceptors (Lipinski definition) is 4. The molecule has 0 aromatic heterocycles. The van der Waals surface area contributed by atoms with Crippen LogP contribution in [0.2, 0.25) is 0 Å². The minimum absolute atomic E-state index is 0.173. The second-order valence-electron chi connectivity index (χ2n) is 4.78. The monoisotopic (exact) mass is 372 g/mol. The summed E-state index contributed by atoms with van der Waals surface area (Å²) in [4.78, 5) is 28.0. The Balaban J connectivity index is 4.27. The normalized spacial score (nSPS) is 12.8. The number of amides is 2. The molecule has 0 saturated heterocycles. The molecular weight excluding hydrogens is 351 g/mol. The van der Waals surface area contributed by atoms with E-state index in [2.05, 4.69) is 27.9 Å². The molecule has 7 heteroatoms. The van der Waals surface area contributed by atoms with Crippen molar-refractivity contribution in [2.75, 3.05) is 18.6 Å². The van der Waals surface area contributed by atoms with Crippen LogP contribution < -0.4 is 5.32 Å². The molecule has 0 aromatic carbocycles. The van der Waals surface area contributed by atoms with Gasteiger partial charge in [-0.3, -0.25) is 9.63 Å². The van der Waals surface area contributed by atoms with Gasteiger partial charge in [-0.1, -0.05) is 22.6 Å². The molecule has 0 aliphatic heterocycles. The van der Waals surface area contributed by atoms with Crippen molar-refractivity contribution in [1.82, 2.24) is 10.4 Å². The molecule has 0 spiro atoms. The summed E-state index contributed by atoms with van der Waals surface area (Å²) in [5, 5.41) is 3.80. The van der Waals surface area contributed by atoms with E-state index >= 15 is 0 Å². The highest BCUT2D eigenvalue weighted by Crippen LogP contribution is 2.08. The summed E-state index contributed by atoms with van der Waals surface area (Å²) >= 11 is 2.11. The molecule has 0 aromatic rings. The van der Waals surface area contributed by atoms with E-state index in [0.29, 0.717) is 4.43 Å². The molecule has 0 aliphatic carbocycles. The van der Waals surface area contributed by atoms with Gasteiger partial charge in [-0.05, 0) is 20.8 Å². The maximum atomic E-state index is 11.6. The number of halogens is 1. The summed E-state index contributed by atoms with van der Waals surface area (Å²) < 4.78 is 5.74. The van der Waals surface area contributed by atoms with Crippen LogP contribution in [-0.4, -0.2) is 47.3 Å². The van der Waals surface area contributed by atoms with Crippen molar-refractivity contribution in [3.63, 3.8) is 0 Å². The second-order valence-corrected chi connectivity index (χ2v) is 5.66. The molecule has 0 heterocycles. The fourth-order valence-electron chi connectivity index (χ4n) is 1.06. The van der Waals surface area contributed by atoms with Crippen LogP contribution >= 0.6 is 22.6 Å². The van der Waals surface area contributed by atoms with Crippen LogP contribution in [0.1, 0.15) is 27.2 Å². The van der Waals surface area contributed by atoms with Crippen molar-refractivity contribution in [1.29, 1.82) is 0 Å². The number of alkyl carbamates (subject to hydrolysis) is 1. The highest BCUT2D eigenvalue weighted by molar-refractivity contribution is 14.1. The summed E-state index contributed by atoms with van der Waals surface area (Å²) in [5.41, 5.74) is -0.548. The molecule has 6 nitrogen and oxygen atoms in total. The van der Waals surface area contributed by atoms with Crippen LogP contribution in [0.25, 0.3) is 0 Å². The Kier molecular flexibility index (Phi) is 7.53. The number of rotatable bonds is 5. The second kappa shape index (κ2) is 7.78. The number of alkyl halides is 1.